The fourth-order valence-electron chi connectivity index (χ4n) is 0. The van der Waals surface area contributed by atoms with Gasteiger partial charge in [0.1, 0.15) is 0 Å². The molecule has 36 valence electrons. The van der Waals surface area contributed by atoms with Crippen LogP contribution in [-0.4, -0.2) is 89.8 Å². The van der Waals surface area contributed by atoms with Gasteiger partial charge in [0.2, 0.25) is 0 Å². The van der Waals surface area contributed by atoms with E-state index in [1.165, 1.54) is 0 Å². The van der Waals surface area contributed by atoms with E-state index in [9.17, 15) is 0 Å². The van der Waals surface area contributed by atoms with Crippen LogP contribution in [0.1, 0.15) is 0 Å². The van der Waals surface area contributed by atoms with Crippen LogP contribution >= 0.6 is 0 Å². The Bertz CT molecular complexity index is 11.6. The molecule has 0 aliphatic carbocycles. The van der Waals surface area contributed by atoms with Gasteiger partial charge in [0.15, 0.2) is 0 Å². The van der Waals surface area contributed by atoms with E-state index in [1.54, 1.807) is 0 Å². The molecule has 0 aromatic rings. The van der Waals surface area contributed by atoms with Crippen LogP contribution < -0.4 is 6.15 Å². The Labute approximate surface area is 94.3 Å². The minimum absolute atomic E-state index is 0. The molecule has 5 heteroatoms. The van der Waals surface area contributed by atoms with Crippen LogP contribution in [0, 0.1) is 0 Å². The molecule has 0 radical (unpaired) electrons. The van der Waals surface area contributed by atoms with Gasteiger partial charge in [0.25, 0.3) is 0 Å². The first-order chi connectivity index (χ1) is 0. The molecular weight excluding hydrogens is 482 g/mol. The quantitative estimate of drug-likeness (QED) is 0.336. The van der Waals surface area contributed by atoms with Gasteiger partial charge >= 0.3 is 89.8 Å². The zero-order valence-corrected chi connectivity index (χ0v) is 10.6. The molecule has 1 nitrogen and oxygen atoms in total. The van der Waals surface area contributed by atoms with Gasteiger partial charge in [-0.15, -0.1) is 0 Å². The molecule has 5 heavy (non-hydrogen) atoms. The second kappa shape index (κ2) is 28.5. The van der Waals surface area contributed by atoms with E-state index in [2.05, 4.69) is 0 Å². The summed E-state index contributed by atoms with van der Waals surface area (Å²) in [5, 5.41) is 0. The van der Waals surface area contributed by atoms with E-state index < -0.39 is 0 Å². The Kier molecular flexibility index (Phi) is 254. The van der Waals surface area contributed by atoms with Crippen LogP contribution in [0.15, 0.2) is 0 Å². The Morgan fingerprint density at radius 2 is 1.00 bits per heavy atom. The molecule has 0 bridgehead atoms. The zero-order valence-electron chi connectivity index (χ0n) is 2.12. The van der Waals surface area contributed by atoms with Crippen LogP contribution in [0.5, 0.6) is 0 Å². The van der Waals surface area contributed by atoms with Crippen molar-refractivity contribution in [3.63, 3.8) is 0 Å². The van der Waals surface area contributed by atoms with Crippen LogP contribution in [0.25, 0.3) is 0 Å². The summed E-state index contributed by atoms with van der Waals surface area (Å²) in [6.07, 6.45) is 0. The normalized spacial score (nSPS) is 0. The van der Waals surface area contributed by atoms with E-state index in [0.29, 0.717) is 0 Å². The maximum atomic E-state index is 0. The van der Waals surface area contributed by atoms with Gasteiger partial charge < -0.3 is 6.15 Å². The molecule has 0 aliphatic rings. The van der Waals surface area contributed by atoms with Gasteiger partial charge in [-0.1, -0.05) is 0 Å². The summed E-state index contributed by atoms with van der Waals surface area (Å²) in [7, 11) is 0. The van der Waals surface area contributed by atoms with E-state index in [-0.39, 0.29) is 95.9 Å². The number of hydrogen-bond acceptors (Lipinski definition) is 1. The predicted molar refractivity (Wildman–Crippen MR) is 44.8 cm³/mol. The van der Waals surface area contributed by atoms with Crippen LogP contribution in [-0.2, 0) is 0 Å². The molecule has 0 aliphatic heterocycles. The Morgan fingerprint density at radius 3 is 1.00 bits per heavy atom. The average molecular weight is 498 g/mol. The standard InChI is InChI=1S/AsH3.Bi.Ga.In.H3N.9H/h1H3;;;;1H3;;;;;;;;;. The topological polar surface area (TPSA) is 35.0 Å². The van der Waals surface area contributed by atoms with Crippen molar-refractivity contribution in [3.05, 3.63) is 0 Å². The van der Waals surface area contributed by atoms with Crippen molar-refractivity contribution >= 4 is 89.8 Å². The van der Waals surface area contributed by atoms with Crippen LogP contribution in [0.3, 0.4) is 0 Å². The summed E-state index contributed by atoms with van der Waals surface area (Å²) in [5.74, 6) is 0. The number of rotatable bonds is 0. The summed E-state index contributed by atoms with van der Waals surface area (Å²) >= 11 is 0. The molecular formula is H15AsBiGaInN. The van der Waals surface area contributed by atoms with Crippen molar-refractivity contribution < 1.29 is 0 Å². The molecule has 0 aromatic carbocycles. The Morgan fingerprint density at radius 1 is 1.00 bits per heavy atom. The average Bonchev–Trinajstić information content (AvgIpc) is 0. The van der Waals surface area contributed by atoms with Crippen molar-refractivity contribution in [2.24, 2.45) is 0 Å². The third-order valence-corrected chi connectivity index (χ3v) is 0. The van der Waals surface area contributed by atoms with E-state index >= 15 is 0 Å². The zero-order chi connectivity index (χ0) is 0. The van der Waals surface area contributed by atoms with Gasteiger partial charge in [-0.2, -0.15) is 0 Å². The van der Waals surface area contributed by atoms with Gasteiger partial charge in [0, 0.05) is 0 Å². The number of hydrogen-bond donors (Lipinski definition) is 1. The van der Waals surface area contributed by atoms with Crippen molar-refractivity contribution in [2.75, 3.05) is 0 Å². The SMILES string of the molecule is N.[AsH3].[BiH3].[GaH3].[InH3]. The van der Waals surface area contributed by atoms with Gasteiger partial charge in [-0.25, -0.2) is 0 Å². The maximum absolute atomic E-state index is 0. The molecule has 0 heterocycles. The second-order valence-electron chi connectivity index (χ2n) is 0. The minimum atomic E-state index is 0. The molecule has 0 fully saturated rings. The van der Waals surface area contributed by atoms with Crippen molar-refractivity contribution in [1.29, 1.82) is 0 Å². The molecule has 1 atom stereocenters. The van der Waals surface area contributed by atoms with Crippen molar-refractivity contribution in [3.8, 4) is 0 Å². The molecule has 0 amide bonds. The first-order valence-corrected chi connectivity index (χ1v) is 0. The van der Waals surface area contributed by atoms with Crippen LogP contribution in [0.4, 0.5) is 0 Å². The molecule has 0 aromatic heterocycles. The fourth-order valence-corrected chi connectivity index (χ4v) is 0. The summed E-state index contributed by atoms with van der Waals surface area (Å²) in [6.45, 7) is 0. The van der Waals surface area contributed by atoms with Crippen molar-refractivity contribution in [1.82, 2.24) is 6.15 Å². The molecule has 3 N–H and O–H groups in total. The van der Waals surface area contributed by atoms with E-state index in [1.807, 2.05) is 0 Å². The third kappa shape index (κ3) is 19.7. The summed E-state index contributed by atoms with van der Waals surface area (Å²) in [6, 6.07) is 0. The van der Waals surface area contributed by atoms with E-state index in [0.717, 1.165) is 0 Å². The van der Waals surface area contributed by atoms with E-state index in [4.69, 9.17) is 0 Å². The second-order valence-corrected chi connectivity index (χ2v) is 0. The first kappa shape index (κ1) is 44.6. The van der Waals surface area contributed by atoms with Gasteiger partial charge in [-0.05, 0) is 0 Å². The van der Waals surface area contributed by atoms with Gasteiger partial charge in [-0.3, -0.25) is 0 Å². The Hall–Kier alpha value is 2.91. The van der Waals surface area contributed by atoms with Gasteiger partial charge in [0.05, 0.1) is 0 Å². The van der Waals surface area contributed by atoms with Crippen molar-refractivity contribution in [2.45, 2.75) is 0 Å². The monoisotopic (exact) mass is 497 g/mol. The predicted octanol–water partition coefficient (Wildman–Crippen LogP) is -4.57. The molecule has 0 saturated heterocycles. The Balaban J connectivity index is 0. The fraction of sp³-hybridized carbons (Fsp3) is 0. The molecule has 0 saturated carbocycles. The molecule has 1 unspecified atom stereocenters. The summed E-state index contributed by atoms with van der Waals surface area (Å²) in [4.78, 5) is 0. The summed E-state index contributed by atoms with van der Waals surface area (Å²) < 4.78 is 0. The third-order valence-electron chi connectivity index (χ3n) is 0. The van der Waals surface area contributed by atoms with Crippen LogP contribution in [0.2, 0.25) is 0 Å². The molecule has 0 rings (SSSR count). The first-order valence-electron chi connectivity index (χ1n) is 0. The summed E-state index contributed by atoms with van der Waals surface area (Å²) in [5.41, 5.74) is 0. The molecule has 0 spiro atoms.